The summed E-state index contributed by atoms with van der Waals surface area (Å²) in [4.78, 5) is 13.0. The predicted molar refractivity (Wildman–Crippen MR) is 88.0 cm³/mol. The van der Waals surface area contributed by atoms with Gasteiger partial charge in [-0.15, -0.1) is 0 Å². The van der Waals surface area contributed by atoms with Gasteiger partial charge in [0.2, 0.25) is 0 Å². The van der Waals surface area contributed by atoms with Gasteiger partial charge in [-0.2, -0.15) is 5.26 Å². The molecule has 3 rings (SSSR count). The Morgan fingerprint density at radius 3 is 2.61 bits per heavy atom. The average Bonchev–Trinajstić information content (AvgIpc) is 2.99. The van der Waals surface area contributed by atoms with Crippen LogP contribution in [-0.4, -0.2) is 17.6 Å². The molecule has 0 aromatic heterocycles. The highest BCUT2D eigenvalue weighted by atomic mass is 16.4. The van der Waals surface area contributed by atoms with Gasteiger partial charge in [0.05, 0.1) is 17.2 Å². The summed E-state index contributed by atoms with van der Waals surface area (Å²) < 4.78 is 0. The second kappa shape index (κ2) is 5.85. The van der Waals surface area contributed by atoms with Crippen LogP contribution >= 0.6 is 0 Å². The lowest BCUT2D eigenvalue weighted by Crippen LogP contribution is -2.17. The molecule has 1 aliphatic heterocycles. The number of aromatic carboxylic acids is 1. The number of hydrogen-bond donors (Lipinski definition) is 2. The number of nitrogen functional groups attached to an aromatic ring is 1. The smallest absolute Gasteiger partial charge is 0.337 e. The summed E-state index contributed by atoms with van der Waals surface area (Å²) >= 11 is 0. The van der Waals surface area contributed by atoms with E-state index in [4.69, 9.17) is 10.8 Å². The zero-order valence-electron chi connectivity index (χ0n) is 12.3. The molecule has 0 spiro atoms. The molecular weight excluding hydrogens is 290 g/mol. The van der Waals surface area contributed by atoms with Crippen molar-refractivity contribution in [2.75, 3.05) is 17.2 Å². The number of nitrogens with two attached hydrogens (primary N) is 1. The molecule has 2 aromatic carbocycles. The first kappa shape index (κ1) is 14.7. The third-order valence-corrected chi connectivity index (χ3v) is 3.98. The fraction of sp³-hybridized carbons (Fsp3) is 0.111. The lowest BCUT2D eigenvalue weighted by molar-refractivity contribution is 0.0698. The molecule has 5 nitrogen and oxygen atoms in total. The fourth-order valence-electron chi connectivity index (χ4n) is 2.79. The lowest BCUT2D eigenvalue weighted by atomic mass is 9.94. The molecule has 2 aromatic rings. The topological polar surface area (TPSA) is 90.3 Å². The van der Waals surface area contributed by atoms with Crippen molar-refractivity contribution < 1.29 is 9.90 Å². The number of carboxylic acids is 1. The number of nitriles is 1. The molecule has 0 radical (unpaired) electrons. The minimum absolute atomic E-state index is 0.00146. The molecule has 1 heterocycles. The van der Waals surface area contributed by atoms with Crippen molar-refractivity contribution in [3.05, 3.63) is 71.4 Å². The molecule has 0 saturated heterocycles. The minimum atomic E-state index is -1.05. The van der Waals surface area contributed by atoms with E-state index < -0.39 is 5.97 Å². The van der Waals surface area contributed by atoms with E-state index in [1.54, 1.807) is 18.3 Å². The number of anilines is 2. The zero-order chi connectivity index (χ0) is 16.4. The van der Waals surface area contributed by atoms with E-state index in [0.29, 0.717) is 12.1 Å². The maximum atomic E-state index is 11.0. The summed E-state index contributed by atoms with van der Waals surface area (Å²) in [6, 6.07) is 16.9. The summed E-state index contributed by atoms with van der Waals surface area (Å²) in [5, 5.41) is 18.4. The standard InChI is InChI=1S/C18H15N3O2/c19-9-13-10-21(11-16(13)12-4-2-1-3-5-12)14-6-7-15(18(22)23)17(20)8-14/h1-8,10,16H,11,20H2,(H,22,23). The van der Waals surface area contributed by atoms with Crippen LogP contribution in [0.2, 0.25) is 0 Å². The third kappa shape index (κ3) is 2.74. The number of hydrogen-bond acceptors (Lipinski definition) is 4. The highest BCUT2D eigenvalue weighted by Crippen LogP contribution is 2.34. The maximum absolute atomic E-state index is 11.0. The molecule has 0 saturated carbocycles. The molecule has 5 heteroatoms. The first-order valence-electron chi connectivity index (χ1n) is 7.16. The molecule has 23 heavy (non-hydrogen) atoms. The van der Waals surface area contributed by atoms with Gasteiger partial charge in [-0.05, 0) is 23.8 Å². The molecule has 0 aliphatic carbocycles. The second-order valence-corrected chi connectivity index (χ2v) is 5.39. The quantitative estimate of drug-likeness (QED) is 0.851. The number of nitrogens with zero attached hydrogens (tertiary/aromatic N) is 2. The van der Waals surface area contributed by atoms with Crippen LogP contribution in [0.3, 0.4) is 0 Å². The van der Waals surface area contributed by atoms with Crippen LogP contribution in [0.15, 0.2) is 60.3 Å². The summed E-state index contributed by atoms with van der Waals surface area (Å²) in [6.45, 7) is 0.624. The van der Waals surface area contributed by atoms with E-state index in [0.717, 1.165) is 11.3 Å². The first-order valence-corrected chi connectivity index (χ1v) is 7.16. The van der Waals surface area contributed by atoms with Crippen LogP contribution in [0, 0.1) is 11.3 Å². The normalized spacial score (nSPS) is 16.7. The van der Waals surface area contributed by atoms with Crippen molar-refractivity contribution in [2.45, 2.75) is 5.92 Å². The molecular formula is C18H15N3O2. The molecule has 1 unspecified atom stereocenters. The van der Waals surface area contributed by atoms with Crippen LogP contribution in [0.25, 0.3) is 0 Å². The summed E-state index contributed by atoms with van der Waals surface area (Å²) in [7, 11) is 0. The third-order valence-electron chi connectivity index (χ3n) is 3.98. The van der Waals surface area contributed by atoms with E-state index in [2.05, 4.69) is 6.07 Å². The molecule has 0 fully saturated rings. The van der Waals surface area contributed by atoms with Crippen LogP contribution in [0.4, 0.5) is 11.4 Å². The number of carboxylic acid groups (broad SMARTS) is 1. The summed E-state index contributed by atoms with van der Waals surface area (Å²) in [5.74, 6) is -1.05. The van der Waals surface area contributed by atoms with Gasteiger partial charge in [0.1, 0.15) is 0 Å². The molecule has 1 atom stereocenters. The highest BCUT2D eigenvalue weighted by Gasteiger charge is 2.27. The number of rotatable bonds is 3. The van der Waals surface area contributed by atoms with Crippen LogP contribution in [0.5, 0.6) is 0 Å². The predicted octanol–water partition coefficient (Wildman–Crippen LogP) is 2.98. The largest absolute Gasteiger partial charge is 0.478 e. The zero-order valence-corrected chi connectivity index (χ0v) is 12.3. The number of carbonyl (C=O) groups is 1. The van der Waals surface area contributed by atoms with E-state index >= 15 is 0 Å². The van der Waals surface area contributed by atoms with Crippen molar-refractivity contribution in [1.82, 2.24) is 0 Å². The Labute approximate surface area is 133 Å². The summed E-state index contributed by atoms with van der Waals surface area (Å²) in [6.07, 6.45) is 1.80. The SMILES string of the molecule is N#CC1=CN(c2ccc(C(=O)O)c(N)c2)CC1c1ccccc1. The van der Waals surface area contributed by atoms with Gasteiger partial charge in [0.15, 0.2) is 0 Å². The van der Waals surface area contributed by atoms with E-state index in [9.17, 15) is 10.1 Å². The van der Waals surface area contributed by atoms with E-state index in [-0.39, 0.29) is 17.2 Å². The van der Waals surface area contributed by atoms with Gasteiger partial charge in [-0.3, -0.25) is 0 Å². The van der Waals surface area contributed by atoms with Gasteiger partial charge < -0.3 is 15.7 Å². The molecule has 0 amide bonds. The fourth-order valence-corrected chi connectivity index (χ4v) is 2.79. The van der Waals surface area contributed by atoms with Gasteiger partial charge in [-0.25, -0.2) is 4.79 Å². The Hall–Kier alpha value is -3.26. The Balaban J connectivity index is 1.91. The maximum Gasteiger partial charge on any atom is 0.337 e. The van der Waals surface area contributed by atoms with Crippen LogP contribution in [0.1, 0.15) is 21.8 Å². The van der Waals surface area contributed by atoms with Crippen molar-refractivity contribution >= 4 is 17.3 Å². The van der Waals surface area contributed by atoms with Gasteiger partial charge >= 0.3 is 5.97 Å². The Kier molecular flexibility index (Phi) is 3.73. The van der Waals surface area contributed by atoms with Gasteiger partial charge in [-0.1, -0.05) is 30.3 Å². The van der Waals surface area contributed by atoms with E-state index in [1.165, 1.54) is 6.07 Å². The molecule has 114 valence electrons. The number of benzene rings is 2. The Morgan fingerprint density at radius 1 is 1.26 bits per heavy atom. The monoisotopic (exact) mass is 305 g/mol. The second-order valence-electron chi connectivity index (χ2n) is 5.39. The van der Waals surface area contributed by atoms with E-state index in [1.807, 2.05) is 35.2 Å². The minimum Gasteiger partial charge on any atom is -0.478 e. The van der Waals surface area contributed by atoms with Crippen molar-refractivity contribution in [2.24, 2.45) is 0 Å². The molecule has 1 aliphatic rings. The summed E-state index contributed by atoms with van der Waals surface area (Å²) in [5.41, 5.74) is 8.64. The van der Waals surface area contributed by atoms with Gasteiger partial charge in [0, 0.05) is 30.0 Å². The highest BCUT2D eigenvalue weighted by molar-refractivity contribution is 5.94. The van der Waals surface area contributed by atoms with Crippen molar-refractivity contribution in [1.29, 1.82) is 5.26 Å². The molecule has 0 bridgehead atoms. The van der Waals surface area contributed by atoms with Crippen LogP contribution in [-0.2, 0) is 0 Å². The first-order chi connectivity index (χ1) is 11.1. The van der Waals surface area contributed by atoms with Gasteiger partial charge in [0.25, 0.3) is 0 Å². The lowest BCUT2D eigenvalue weighted by Gasteiger charge is -2.19. The Morgan fingerprint density at radius 2 is 2.00 bits per heavy atom. The van der Waals surface area contributed by atoms with Crippen molar-refractivity contribution in [3.63, 3.8) is 0 Å². The molecule has 3 N–H and O–H groups in total. The Bertz CT molecular complexity index is 822. The van der Waals surface area contributed by atoms with Crippen LogP contribution < -0.4 is 10.6 Å². The average molecular weight is 305 g/mol. The van der Waals surface area contributed by atoms with Crippen molar-refractivity contribution in [3.8, 4) is 6.07 Å².